The summed E-state index contributed by atoms with van der Waals surface area (Å²) in [5, 5.41) is 14.5. The van der Waals surface area contributed by atoms with Crippen LogP contribution in [0.15, 0.2) is 65.1 Å². The second-order valence-corrected chi connectivity index (χ2v) is 13.1. The molecule has 0 bridgehead atoms. The van der Waals surface area contributed by atoms with Gasteiger partial charge in [-0.3, -0.25) is 13.9 Å². The molecule has 46 heavy (non-hydrogen) atoms. The van der Waals surface area contributed by atoms with Crippen LogP contribution >= 0.6 is 0 Å². The van der Waals surface area contributed by atoms with Crippen molar-refractivity contribution in [1.29, 1.82) is 0 Å². The predicted molar refractivity (Wildman–Crippen MR) is 167 cm³/mol. The Morgan fingerprint density at radius 3 is 2.41 bits per heavy atom. The molecule has 0 spiro atoms. The van der Waals surface area contributed by atoms with Crippen LogP contribution < -0.4 is 14.9 Å². The number of halogens is 2. The molecule has 1 aliphatic rings. The maximum atomic E-state index is 14.7. The number of anilines is 1. The third kappa shape index (κ3) is 6.38. The lowest BCUT2D eigenvalue weighted by Gasteiger charge is -2.36. The third-order valence-electron chi connectivity index (χ3n) is 8.14. The summed E-state index contributed by atoms with van der Waals surface area (Å²) in [6, 6.07) is 12.4. The van der Waals surface area contributed by atoms with E-state index >= 15 is 0 Å². The Labute approximate surface area is 263 Å². The van der Waals surface area contributed by atoms with E-state index < -0.39 is 51.5 Å². The third-order valence-corrected chi connectivity index (χ3v) is 9.33. The number of nitrogens with zero attached hydrogens (tertiary/aromatic N) is 2. The largest absolute Gasteiger partial charge is 0.465 e. The number of furan rings is 1. The number of rotatable bonds is 8. The van der Waals surface area contributed by atoms with E-state index in [0.29, 0.717) is 29.4 Å². The summed E-state index contributed by atoms with van der Waals surface area (Å²) in [7, 11) is -0.968. The number of nitrogens with one attached hydrogen (secondary N) is 2. The van der Waals surface area contributed by atoms with Crippen LogP contribution in [0.25, 0.3) is 22.3 Å². The fourth-order valence-corrected chi connectivity index (χ4v) is 6.32. The Morgan fingerprint density at radius 1 is 1.09 bits per heavy atom. The van der Waals surface area contributed by atoms with Gasteiger partial charge in [0.15, 0.2) is 0 Å². The topological polar surface area (TPSA) is 149 Å². The van der Waals surface area contributed by atoms with E-state index in [1.807, 2.05) is 0 Å². The van der Waals surface area contributed by atoms with Crippen LogP contribution in [0.2, 0.25) is 0 Å². The number of piperidine rings is 1. The maximum absolute atomic E-state index is 14.7. The van der Waals surface area contributed by atoms with Gasteiger partial charge in [0.25, 0.3) is 5.91 Å². The van der Waals surface area contributed by atoms with Crippen LogP contribution in [-0.4, -0.2) is 69.8 Å². The molecular formula is C32H32F2N4O7S. The van der Waals surface area contributed by atoms with Crippen LogP contribution in [0.5, 0.6) is 0 Å². The van der Waals surface area contributed by atoms with Crippen molar-refractivity contribution in [2.45, 2.75) is 24.8 Å². The zero-order valence-electron chi connectivity index (χ0n) is 25.2. The van der Waals surface area contributed by atoms with Gasteiger partial charge >= 0.3 is 6.09 Å². The van der Waals surface area contributed by atoms with E-state index in [4.69, 9.17) is 4.42 Å². The van der Waals surface area contributed by atoms with Gasteiger partial charge in [-0.25, -0.2) is 22.0 Å². The molecule has 0 saturated carbocycles. The fourth-order valence-electron chi connectivity index (χ4n) is 5.80. The highest BCUT2D eigenvalue weighted by Crippen LogP contribution is 2.42. The first-order valence-corrected chi connectivity index (χ1v) is 16.2. The first kappa shape index (κ1) is 32.4. The SMILES string of the molecule is CNC(=O)c1c(-c2ccc(F)cc2)oc2cc(N(C)S(C)(=O)=O)c(C3CCCN(C(=O)[C@H](NC(=O)O)c4ccccc4F)C3)cc12. The van der Waals surface area contributed by atoms with Crippen molar-refractivity contribution >= 4 is 44.6 Å². The molecule has 0 aliphatic carbocycles. The molecule has 14 heteroatoms. The summed E-state index contributed by atoms with van der Waals surface area (Å²) < 4.78 is 61.1. The van der Waals surface area contributed by atoms with E-state index in [9.17, 15) is 36.7 Å². The summed E-state index contributed by atoms with van der Waals surface area (Å²) in [5.41, 5.74) is 1.43. The molecule has 3 aromatic carbocycles. The Morgan fingerprint density at radius 2 is 1.78 bits per heavy atom. The molecule has 1 aromatic heterocycles. The summed E-state index contributed by atoms with van der Waals surface area (Å²) >= 11 is 0. The minimum absolute atomic E-state index is 0.0547. The number of carbonyl (C=O) groups is 3. The maximum Gasteiger partial charge on any atom is 0.405 e. The van der Waals surface area contributed by atoms with Gasteiger partial charge in [-0.1, -0.05) is 18.2 Å². The second-order valence-electron chi connectivity index (χ2n) is 11.1. The van der Waals surface area contributed by atoms with Crippen molar-refractivity contribution in [1.82, 2.24) is 15.5 Å². The molecule has 242 valence electrons. The molecular weight excluding hydrogens is 622 g/mol. The van der Waals surface area contributed by atoms with Crippen molar-refractivity contribution in [3.63, 3.8) is 0 Å². The molecule has 3 N–H and O–H groups in total. The quantitative estimate of drug-likeness (QED) is 0.246. The standard InChI is InChI=1S/C32H32F2N4O7S/c1-35-30(39)27-23-15-22(25(37(2)46(3,43)44)16-26(23)45-29(27)18-10-12-20(33)13-11-18)19-7-6-14-38(17-19)31(40)28(36-32(41)42)21-8-4-5-9-24(21)34/h4-5,8-13,15-16,19,28,36H,6-7,14,17H2,1-3H3,(H,35,39)(H,41,42)/t19?,28-/m1/s1. The van der Waals surface area contributed by atoms with Crippen LogP contribution in [0.3, 0.4) is 0 Å². The summed E-state index contributed by atoms with van der Waals surface area (Å²) in [6.45, 7) is 0.310. The van der Waals surface area contributed by atoms with E-state index in [1.54, 1.807) is 6.07 Å². The average Bonchev–Trinajstić information content (AvgIpc) is 3.40. The first-order chi connectivity index (χ1) is 21.8. The number of sulfonamides is 1. The van der Waals surface area contributed by atoms with Crippen molar-refractivity contribution in [2.75, 3.05) is 37.7 Å². The minimum atomic E-state index is -3.79. The van der Waals surface area contributed by atoms with Crippen molar-refractivity contribution < 1.29 is 41.1 Å². The summed E-state index contributed by atoms with van der Waals surface area (Å²) in [4.78, 5) is 40.0. The van der Waals surface area contributed by atoms with Gasteiger partial charge in [-0.2, -0.15) is 0 Å². The molecule has 2 heterocycles. The van der Waals surface area contributed by atoms with Gasteiger partial charge < -0.3 is 25.1 Å². The molecule has 1 unspecified atom stereocenters. The van der Waals surface area contributed by atoms with Crippen LogP contribution in [0, 0.1) is 11.6 Å². The zero-order valence-corrected chi connectivity index (χ0v) is 26.0. The molecule has 0 radical (unpaired) electrons. The Bertz CT molecular complexity index is 1930. The van der Waals surface area contributed by atoms with Gasteiger partial charge in [0.05, 0.1) is 17.5 Å². The number of carbonyl (C=O) groups excluding carboxylic acids is 2. The van der Waals surface area contributed by atoms with E-state index in [2.05, 4.69) is 10.6 Å². The Balaban J connectivity index is 1.63. The molecule has 1 fully saturated rings. The lowest BCUT2D eigenvalue weighted by atomic mass is 9.87. The van der Waals surface area contributed by atoms with Gasteiger partial charge in [0.1, 0.15) is 29.0 Å². The molecule has 1 saturated heterocycles. The number of hydrogen-bond acceptors (Lipinski definition) is 6. The predicted octanol–water partition coefficient (Wildman–Crippen LogP) is 4.85. The van der Waals surface area contributed by atoms with E-state index in [0.717, 1.165) is 16.6 Å². The fraction of sp³-hybridized carbons (Fsp3) is 0.281. The number of hydrogen-bond donors (Lipinski definition) is 3. The monoisotopic (exact) mass is 654 g/mol. The molecule has 11 nitrogen and oxygen atoms in total. The average molecular weight is 655 g/mol. The minimum Gasteiger partial charge on any atom is -0.465 e. The van der Waals surface area contributed by atoms with E-state index in [-0.39, 0.29) is 41.2 Å². The number of amides is 3. The van der Waals surface area contributed by atoms with Gasteiger partial charge in [0, 0.05) is 55.7 Å². The highest BCUT2D eigenvalue weighted by Gasteiger charge is 2.35. The van der Waals surface area contributed by atoms with Crippen molar-refractivity contribution in [3.8, 4) is 11.3 Å². The Hall–Kier alpha value is -4.98. The van der Waals surface area contributed by atoms with Crippen LogP contribution in [0.4, 0.5) is 19.3 Å². The zero-order chi connectivity index (χ0) is 33.3. The number of benzene rings is 3. The number of likely N-dealkylation sites (tertiary alicyclic amines) is 1. The lowest BCUT2D eigenvalue weighted by Crippen LogP contribution is -2.46. The number of carboxylic acid groups (broad SMARTS) is 1. The van der Waals surface area contributed by atoms with Gasteiger partial charge in [0.2, 0.25) is 15.9 Å². The smallest absolute Gasteiger partial charge is 0.405 e. The first-order valence-electron chi connectivity index (χ1n) is 14.3. The molecule has 2 atom stereocenters. The Kier molecular flexibility index (Phi) is 9.01. The van der Waals surface area contributed by atoms with Crippen LogP contribution in [0.1, 0.15) is 46.3 Å². The molecule has 5 rings (SSSR count). The van der Waals surface area contributed by atoms with E-state index in [1.165, 1.54) is 67.5 Å². The number of fused-ring (bicyclic) bond motifs is 1. The highest BCUT2D eigenvalue weighted by atomic mass is 32.2. The normalized spacial score (nSPS) is 15.8. The van der Waals surface area contributed by atoms with Gasteiger partial charge in [-0.15, -0.1) is 0 Å². The molecule has 3 amide bonds. The molecule has 4 aromatic rings. The van der Waals surface area contributed by atoms with Crippen molar-refractivity contribution in [2.24, 2.45) is 0 Å². The van der Waals surface area contributed by atoms with Crippen molar-refractivity contribution in [3.05, 3.63) is 89.0 Å². The molecule has 1 aliphatic heterocycles. The second kappa shape index (κ2) is 12.8. The summed E-state index contributed by atoms with van der Waals surface area (Å²) in [6.07, 6.45) is 0.531. The van der Waals surface area contributed by atoms with Crippen LogP contribution in [-0.2, 0) is 14.8 Å². The lowest BCUT2D eigenvalue weighted by molar-refractivity contribution is -0.134. The summed E-state index contributed by atoms with van der Waals surface area (Å²) in [5.74, 6) is -2.68. The van der Waals surface area contributed by atoms with Gasteiger partial charge in [-0.05, 0) is 54.8 Å². The highest BCUT2D eigenvalue weighted by molar-refractivity contribution is 7.92.